The zero-order valence-electron chi connectivity index (χ0n) is 21.6. The van der Waals surface area contributed by atoms with Gasteiger partial charge in [-0.25, -0.2) is 4.98 Å². The first-order valence-corrected chi connectivity index (χ1v) is 13.8. The van der Waals surface area contributed by atoms with Gasteiger partial charge in [-0.2, -0.15) is 4.37 Å². The van der Waals surface area contributed by atoms with E-state index >= 15 is 0 Å². The summed E-state index contributed by atoms with van der Waals surface area (Å²) < 4.78 is 4.54. The molecule has 7 nitrogen and oxygen atoms in total. The maximum atomic E-state index is 13.7. The second-order valence-corrected chi connectivity index (χ2v) is 11.2. The highest BCUT2D eigenvalue weighted by Gasteiger charge is 2.32. The monoisotopic (exact) mass is 505 g/mol. The molecular formula is C28H35N5O2S. The van der Waals surface area contributed by atoms with Crippen molar-refractivity contribution in [2.24, 2.45) is 11.8 Å². The fourth-order valence-electron chi connectivity index (χ4n) is 5.51. The van der Waals surface area contributed by atoms with E-state index in [9.17, 15) is 9.59 Å². The number of para-hydroxylation sites is 1. The molecule has 0 atom stereocenters. The number of nitrogens with one attached hydrogen (secondary N) is 1. The van der Waals surface area contributed by atoms with E-state index < -0.39 is 0 Å². The number of piperidine rings is 2. The number of carbonyl (C=O) groups excluding carboxylic acids is 2. The van der Waals surface area contributed by atoms with Gasteiger partial charge in [0, 0.05) is 44.0 Å². The molecule has 0 saturated carbocycles. The lowest BCUT2D eigenvalue weighted by Gasteiger charge is -2.36. The molecule has 2 saturated heterocycles. The highest BCUT2D eigenvalue weighted by Crippen LogP contribution is 2.37. The van der Waals surface area contributed by atoms with Crippen LogP contribution in [0.5, 0.6) is 0 Å². The smallest absolute Gasteiger partial charge is 0.257 e. The molecule has 1 N–H and O–H groups in total. The van der Waals surface area contributed by atoms with Crippen molar-refractivity contribution in [3.8, 4) is 0 Å². The van der Waals surface area contributed by atoms with E-state index in [0.717, 1.165) is 90.3 Å². The Kier molecular flexibility index (Phi) is 6.97. The number of nitrogens with zero attached hydrogens (tertiary/aromatic N) is 4. The number of benzene rings is 1. The molecule has 0 radical (unpaired) electrons. The van der Waals surface area contributed by atoms with E-state index in [1.807, 2.05) is 43.9 Å². The standard InChI is InChI=1S/C28H35N5O2S/c1-17-8-12-33(13-9-17)28(35)22-16-29-27-23(20(4)31-36-27)25(22)32-14-10-21(11-15-32)26(34)30-24-18(2)6-5-7-19(24)3/h5-7,16-17,21H,8-15H2,1-4H3,(H,30,34). The normalized spacial score (nSPS) is 17.6. The number of aryl methyl sites for hydroxylation is 3. The van der Waals surface area contributed by atoms with Crippen molar-refractivity contribution in [2.45, 2.75) is 53.4 Å². The van der Waals surface area contributed by atoms with Crippen molar-refractivity contribution in [3.63, 3.8) is 0 Å². The Bertz CT molecular complexity index is 1270. The van der Waals surface area contributed by atoms with Gasteiger partial charge < -0.3 is 15.1 Å². The number of aromatic nitrogens is 2. The van der Waals surface area contributed by atoms with Gasteiger partial charge in [0.2, 0.25) is 5.91 Å². The highest BCUT2D eigenvalue weighted by atomic mass is 32.1. The second kappa shape index (κ2) is 10.2. The Hall–Kier alpha value is -3.00. The van der Waals surface area contributed by atoms with Crippen LogP contribution in [-0.2, 0) is 4.79 Å². The molecule has 1 aromatic carbocycles. The highest BCUT2D eigenvalue weighted by molar-refractivity contribution is 7.13. The molecule has 190 valence electrons. The number of amides is 2. The number of anilines is 2. The lowest BCUT2D eigenvalue weighted by Crippen LogP contribution is -2.41. The first kappa shape index (κ1) is 24.7. The number of fused-ring (bicyclic) bond motifs is 1. The Morgan fingerprint density at radius 1 is 1.00 bits per heavy atom. The minimum Gasteiger partial charge on any atom is -0.370 e. The van der Waals surface area contributed by atoms with E-state index in [4.69, 9.17) is 0 Å². The van der Waals surface area contributed by atoms with Gasteiger partial charge in [-0.15, -0.1) is 0 Å². The predicted octanol–water partition coefficient (Wildman–Crippen LogP) is 5.34. The summed E-state index contributed by atoms with van der Waals surface area (Å²) in [4.78, 5) is 36.5. The minimum absolute atomic E-state index is 0.0537. The molecule has 2 aromatic heterocycles. The Morgan fingerprint density at radius 3 is 2.33 bits per heavy atom. The molecule has 0 spiro atoms. The molecule has 2 aliphatic rings. The average molecular weight is 506 g/mol. The van der Waals surface area contributed by atoms with Crippen molar-refractivity contribution in [3.05, 3.63) is 46.8 Å². The molecule has 2 fully saturated rings. The van der Waals surface area contributed by atoms with Crippen molar-refractivity contribution >= 4 is 44.9 Å². The van der Waals surface area contributed by atoms with Crippen molar-refractivity contribution in [1.82, 2.24) is 14.3 Å². The summed E-state index contributed by atoms with van der Waals surface area (Å²) in [7, 11) is 0. The van der Waals surface area contributed by atoms with Crippen LogP contribution in [0.3, 0.4) is 0 Å². The van der Waals surface area contributed by atoms with E-state index in [2.05, 4.69) is 26.5 Å². The summed E-state index contributed by atoms with van der Waals surface area (Å²) in [5.41, 5.74) is 5.60. The first-order chi connectivity index (χ1) is 17.3. The van der Waals surface area contributed by atoms with Gasteiger partial charge in [-0.3, -0.25) is 9.59 Å². The predicted molar refractivity (Wildman–Crippen MR) is 146 cm³/mol. The quantitative estimate of drug-likeness (QED) is 0.518. The summed E-state index contributed by atoms with van der Waals surface area (Å²) in [6.07, 6.45) is 5.31. The third-order valence-electron chi connectivity index (χ3n) is 7.86. The summed E-state index contributed by atoms with van der Waals surface area (Å²) in [6.45, 7) is 11.3. The van der Waals surface area contributed by atoms with Crippen LogP contribution in [0.4, 0.5) is 11.4 Å². The van der Waals surface area contributed by atoms with Gasteiger partial charge in [-0.1, -0.05) is 25.1 Å². The maximum Gasteiger partial charge on any atom is 0.257 e. The zero-order chi connectivity index (χ0) is 25.4. The SMILES string of the molecule is Cc1cccc(C)c1NC(=O)C1CCN(c2c(C(=O)N3CCC(C)CC3)cnc3snc(C)c23)CC1. The van der Waals surface area contributed by atoms with Gasteiger partial charge in [0.05, 0.1) is 22.3 Å². The molecule has 8 heteroatoms. The van der Waals surface area contributed by atoms with Crippen LogP contribution in [0.25, 0.3) is 10.2 Å². The minimum atomic E-state index is -0.0537. The van der Waals surface area contributed by atoms with Crippen molar-refractivity contribution in [1.29, 1.82) is 0 Å². The summed E-state index contributed by atoms with van der Waals surface area (Å²) in [5, 5.41) is 4.16. The van der Waals surface area contributed by atoms with E-state index in [0.29, 0.717) is 11.5 Å². The number of rotatable bonds is 4. The van der Waals surface area contributed by atoms with Gasteiger partial charge >= 0.3 is 0 Å². The van der Waals surface area contributed by atoms with Crippen LogP contribution in [0.15, 0.2) is 24.4 Å². The molecule has 36 heavy (non-hydrogen) atoms. The Morgan fingerprint density at radius 2 is 1.67 bits per heavy atom. The van der Waals surface area contributed by atoms with Crippen molar-refractivity contribution < 1.29 is 9.59 Å². The first-order valence-electron chi connectivity index (χ1n) is 13.0. The molecule has 4 heterocycles. The maximum absolute atomic E-state index is 13.7. The van der Waals surface area contributed by atoms with Gasteiger partial charge in [0.15, 0.2) is 0 Å². The number of hydrogen-bond acceptors (Lipinski definition) is 6. The summed E-state index contributed by atoms with van der Waals surface area (Å²) in [6, 6.07) is 6.07. The molecule has 5 rings (SSSR count). The summed E-state index contributed by atoms with van der Waals surface area (Å²) >= 11 is 1.38. The van der Waals surface area contributed by atoms with Crippen LogP contribution < -0.4 is 10.2 Å². The molecule has 2 amide bonds. The largest absolute Gasteiger partial charge is 0.370 e. The Labute approximate surface area is 217 Å². The third kappa shape index (κ3) is 4.71. The van der Waals surface area contributed by atoms with E-state index in [-0.39, 0.29) is 17.7 Å². The molecule has 0 bridgehead atoms. The van der Waals surface area contributed by atoms with Crippen molar-refractivity contribution in [2.75, 3.05) is 36.4 Å². The zero-order valence-corrected chi connectivity index (χ0v) is 22.5. The molecular weight excluding hydrogens is 470 g/mol. The molecule has 0 aliphatic carbocycles. The number of carbonyl (C=O) groups is 2. The van der Waals surface area contributed by atoms with Crippen LogP contribution in [0.2, 0.25) is 0 Å². The lowest BCUT2D eigenvalue weighted by atomic mass is 9.94. The Balaban J connectivity index is 1.37. The molecule has 3 aromatic rings. The second-order valence-electron chi connectivity index (χ2n) is 10.5. The molecule has 2 aliphatic heterocycles. The summed E-state index contributed by atoms with van der Waals surface area (Å²) in [5.74, 6) is 0.749. The molecule has 0 unspecified atom stereocenters. The number of hydrogen-bond donors (Lipinski definition) is 1. The fourth-order valence-corrected chi connectivity index (χ4v) is 6.26. The average Bonchev–Trinajstić information content (AvgIpc) is 3.26. The van der Waals surface area contributed by atoms with Crippen LogP contribution >= 0.6 is 11.5 Å². The van der Waals surface area contributed by atoms with Gasteiger partial charge in [-0.05, 0) is 75.0 Å². The third-order valence-corrected chi connectivity index (χ3v) is 8.71. The fraction of sp³-hybridized carbons (Fsp3) is 0.500. The van der Waals surface area contributed by atoms with Crippen LogP contribution in [0.1, 0.15) is 59.8 Å². The van der Waals surface area contributed by atoms with E-state index in [1.54, 1.807) is 6.20 Å². The number of pyridine rings is 1. The van der Waals surface area contributed by atoms with E-state index in [1.165, 1.54) is 11.5 Å². The lowest BCUT2D eigenvalue weighted by molar-refractivity contribution is -0.120. The van der Waals surface area contributed by atoms with Gasteiger partial charge in [0.1, 0.15) is 4.83 Å². The van der Waals surface area contributed by atoms with Crippen LogP contribution in [-0.4, -0.2) is 52.3 Å². The van der Waals surface area contributed by atoms with Gasteiger partial charge in [0.25, 0.3) is 5.91 Å². The topological polar surface area (TPSA) is 78.4 Å². The number of likely N-dealkylation sites (tertiary alicyclic amines) is 1. The van der Waals surface area contributed by atoms with Crippen LogP contribution in [0, 0.1) is 32.6 Å².